The summed E-state index contributed by atoms with van der Waals surface area (Å²) in [5, 5.41) is 0.507. The summed E-state index contributed by atoms with van der Waals surface area (Å²) >= 11 is 6.06. The first-order valence-corrected chi connectivity index (χ1v) is 4.59. The molecule has 4 nitrogen and oxygen atoms in total. The maximum absolute atomic E-state index is 6.06. The average molecular weight is 216 g/mol. The van der Waals surface area contributed by atoms with Gasteiger partial charge in [0.1, 0.15) is 13.2 Å². The smallest absolute Gasteiger partial charge is 0.180 e. The molecule has 2 N–H and O–H groups in total. The van der Waals surface area contributed by atoms with Crippen molar-refractivity contribution in [1.82, 2.24) is 0 Å². The Labute approximate surface area is 86.5 Å². The zero-order valence-electron chi connectivity index (χ0n) is 7.46. The Balaban J connectivity index is 2.38. The molecule has 0 saturated carbocycles. The minimum Gasteiger partial charge on any atom is -0.486 e. The van der Waals surface area contributed by atoms with E-state index in [0.29, 0.717) is 29.7 Å². The standard InChI is InChI=1S/C9H10ClNO3/c10-8-6(5-14-11)1-2-7-9(8)13-4-3-12-7/h1-2H,3-5,11H2. The summed E-state index contributed by atoms with van der Waals surface area (Å²) in [5.74, 6) is 6.22. The summed E-state index contributed by atoms with van der Waals surface area (Å²) in [6, 6.07) is 3.61. The fraction of sp³-hybridized carbons (Fsp3) is 0.333. The van der Waals surface area contributed by atoms with Crippen molar-refractivity contribution in [2.24, 2.45) is 5.90 Å². The highest BCUT2D eigenvalue weighted by atomic mass is 35.5. The van der Waals surface area contributed by atoms with Gasteiger partial charge in [-0.15, -0.1) is 0 Å². The van der Waals surface area contributed by atoms with Gasteiger partial charge in [-0.1, -0.05) is 17.7 Å². The van der Waals surface area contributed by atoms with Crippen LogP contribution in [0, 0.1) is 0 Å². The predicted octanol–water partition coefficient (Wildman–Crippen LogP) is 1.50. The number of hydrogen-bond donors (Lipinski definition) is 1. The fourth-order valence-corrected chi connectivity index (χ4v) is 1.59. The Hall–Kier alpha value is -0.970. The van der Waals surface area contributed by atoms with E-state index in [1.807, 2.05) is 6.07 Å². The van der Waals surface area contributed by atoms with Gasteiger partial charge in [-0.2, -0.15) is 0 Å². The lowest BCUT2D eigenvalue weighted by molar-refractivity contribution is 0.123. The van der Waals surface area contributed by atoms with Gasteiger partial charge in [0.15, 0.2) is 11.5 Å². The second-order valence-electron chi connectivity index (χ2n) is 2.87. The molecule has 0 aliphatic carbocycles. The summed E-state index contributed by atoms with van der Waals surface area (Å²) in [7, 11) is 0. The van der Waals surface area contributed by atoms with Gasteiger partial charge in [-0.05, 0) is 6.07 Å². The van der Waals surface area contributed by atoms with E-state index in [1.54, 1.807) is 6.07 Å². The quantitative estimate of drug-likeness (QED) is 0.760. The third kappa shape index (κ3) is 1.64. The Kier molecular flexibility index (Phi) is 2.77. The molecule has 0 fully saturated rings. The van der Waals surface area contributed by atoms with Crippen LogP contribution >= 0.6 is 11.6 Å². The first-order chi connectivity index (χ1) is 6.83. The normalized spacial score (nSPS) is 14.1. The van der Waals surface area contributed by atoms with Crippen molar-refractivity contribution in [3.05, 3.63) is 22.7 Å². The molecule has 76 valence electrons. The Morgan fingerprint density at radius 3 is 2.93 bits per heavy atom. The first kappa shape index (κ1) is 9.58. The van der Waals surface area contributed by atoms with Crippen LogP contribution in [-0.2, 0) is 11.4 Å². The lowest BCUT2D eigenvalue weighted by Gasteiger charge is -2.20. The van der Waals surface area contributed by atoms with Gasteiger partial charge in [-0.3, -0.25) is 4.84 Å². The largest absolute Gasteiger partial charge is 0.486 e. The first-order valence-electron chi connectivity index (χ1n) is 4.21. The number of fused-ring (bicyclic) bond motifs is 1. The van der Waals surface area contributed by atoms with Gasteiger partial charge in [0.25, 0.3) is 0 Å². The van der Waals surface area contributed by atoms with Crippen LogP contribution in [-0.4, -0.2) is 13.2 Å². The lowest BCUT2D eigenvalue weighted by Crippen LogP contribution is -2.16. The van der Waals surface area contributed by atoms with Crippen LogP contribution in [0.15, 0.2) is 12.1 Å². The summed E-state index contributed by atoms with van der Waals surface area (Å²) in [6.07, 6.45) is 0. The van der Waals surface area contributed by atoms with Crippen molar-refractivity contribution in [3.63, 3.8) is 0 Å². The van der Waals surface area contributed by atoms with Crippen molar-refractivity contribution in [2.45, 2.75) is 6.61 Å². The van der Waals surface area contributed by atoms with E-state index in [-0.39, 0.29) is 6.61 Å². The summed E-state index contributed by atoms with van der Waals surface area (Å²) in [4.78, 5) is 4.52. The van der Waals surface area contributed by atoms with Gasteiger partial charge in [0.05, 0.1) is 11.6 Å². The highest BCUT2D eigenvalue weighted by molar-refractivity contribution is 6.33. The Morgan fingerprint density at radius 2 is 2.14 bits per heavy atom. The second kappa shape index (κ2) is 4.04. The molecule has 1 aliphatic rings. The molecular weight excluding hydrogens is 206 g/mol. The molecule has 14 heavy (non-hydrogen) atoms. The number of benzene rings is 1. The molecular formula is C9H10ClNO3. The van der Waals surface area contributed by atoms with Crippen molar-refractivity contribution in [3.8, 4) is 11.5 Å². The van der Waals surface area contributed by atoms with Crippen LogP contribution in [0.3, 0.4) is 0 Å². The zero-order chi connectivity index (χ0) is 9.97. The molecule has 1 heterocycles. The van der Waals surface area contributed by atoms with Gasteiger partial charge in [0, 0.05) is 5.56 Å². The number of hydrogen-bond acceptors (Lipinski definition) is 4. The van der Waals surface area contributed by atoms with E-state index in [1.165, 1.54) is 0 Å². The lowest BCUT2D eigenvalue weighted by atomic mass is 10.2. The Morgan fingerprint density at radius 1 is 1.36 bits per heavy atom. The van der Waals surface area contributed by atoms with Crippen molar-refractivity contribution < 1.29 is 14.3 Å². The molecule has 0 amide bonds. The highest BCUT2D eigenvalue weighted by Gasteiger charge is 2.17. The van der Waals surface area contributed by atoms with E-state index in [4.69, 9.17) is 27.0 Å². The molecule has 1 aliphatic heterocycles. The number of ether oxygens (including phenoxy) is 2. The molecule has 0 atom stereocenters. The third-order valence-electron chi connectivity index (χ3n) is 1.97. The monoisotopic (exact) mass is 215 g/mol. The highest BCUT2D eigenvalue weighted by Crippen LogP contribution is 2.39. The number of rotatable bonds is 2. The molecule has 0 spiro atoms. The van der Waals surface area contributed by atoms with Crippen LogP contribution in [0.4, 0.5) is 0 Å². The van der Waals surface area contributed by atoms with E-state index in [9.17, 15) is 0 Å². The van der Waals surface area contributed by atoms with E-state index < -0.39 is 0 Å². The van der Waals surface area contributed by atoms with Crippen LogP contribution in [0.1, 0.15) is 5.56 Å². The molecule has 0 bridgehead atoms. The van der Waals surface area contributed by atoms with Gasteiger partial charge >= 0.3 is 0 Å². The predicted molar refractivity (Wildman–Crippen MR) is 51.4 cm³/mol. The number of halogens is 1. The fourth-order valence-electron chi connectivity index (χ4n) is 1.32. The van der Waals surface area contributed by atoms with E-state index in [2.05, 4.69) is 4.84 Å². The van der Waals surface area contributed by atoms with Crippen molar-refractivity contribution in [1.29, 1.82) is 0 Å². The maximum atomic E-state index is 6.06. The van der Waals surface area contributed by atoms with Crippen LogP contribution in [0.25, 0.3) is 0 Å². The second-order valence-corrected chi connectivity index (χ2v) is 3.25. The van der Waals surface area contributed by atoms with Gasteiger partial charge < -0.3 is 9.47 Å². The molecule has 2 rings (SSSR count). The van der Waals surface area contributed by atoms with Gasteiger partial charge in [0.2, 0.25) is 0 Å². The Bertz CT molecular complexity index is 343. The van der Waals surface area contributed by atoms with Crippen molar-refractivity contribution in [2.75, 3.05) is 13.2 Å². The van der Waals surface area contributed by atoms with E-state index >= 15 is 0 Å². The molecule has 1 aromatic rings. The SMILES string of the molecule is NOCc1ccc2c(c1Cl)OCCO2. The molecule has 0 unspecified atom stereocenters. The maximum Gasteiger partial charge on any atom is 0.180 e. The molecule has 0 radical (unpaired) electrons. The van der Waals surface area contributed by atoms with Crippen LogP contribution in [0.2, 0.25) is 5.02 Å². The van der Waals surface area contributed by atoms with Crippen molar-refractivity contribution >= 4 is 11.6 Å². The molecule has 1 aromatic carbocycles. The van der Waals surface area contributed by atoms with Crippen LogP contribution < -0.4 is 15.4 Å². The topological polar surface area (TPSA) is 53.7 Å². The molecule has 0 saturated heterocycles. The minimum atomic E-state index is 0.259. The summed E-state index contributed by atoms with van der Waals surface area (Å²) in [5.41, 5.74) is 0.790. The van der Waals surface area contributed by atoms with Crippen LogP contribution in [0.5, 0.6) is 11.5 Å². The summed E-state index contributed by atoms with van der Waals surface area (Å²) < 4.78 is 10.7. The molecule has 5 heteroatoms. The average Bonchev–Trinajstić information content (AvgIpc) is 2.23. The summed E-state index contributed by atoms with van der Waals surface area (Å²) in [6.45, 7) is 1.32. The zero-order valence-corrected chi connectivity index (χ0v) is 8.21. The third-order valence-corrected chi connectivity index (χ3v) is 2.38. The minimum absolute atomic E-state index is 0.259. The number of nitrogens with two attached hydrogens (primary N) is 1. The molecule has 0 aromatic heterocycles. The van der Waals surface area contributed by atoms with E-state index in [0.717, 1.165) is 5.56 Å². The van der Waals surface area contributed by atoms with Gasteiger partial charge in [-0.25, -0.2) is 5.90 Å².